The Morgan fingerprint density at radius 2 is 1.96 bits per heavy atom. The lowest BCUT2D eigenvalue weighted by atomic mass is 10.2. The second-order valence-corrected chi connectivity index (χ2v) is 7.91. The minimum Gasteiger partial charge on any atom is -0.493 e. The molecule has 0 saturated carbocycles. The summed E-state index contributed by atoms with van der Waals surface area (Å²) in [6.07, 6.45) is 0.391. The number of carbonyl (C=O) groups excluding carboxylic acids is 2. The standard InChI is InChI=1S/C16H21NO7S/c1-17(11-7-8-25(20,21)10-11)14(18)9-24-16(19)12-5-4-6-13(22-2)15(12)23-3/h4-6,11H,7-10H2,1-3H3. The molecular formula is C16H21NO7S. The van der Waals surface area contributed by atoms with Crippen molar-refractivity contribution in [2.24, 2.45) is 0 Å². The molecule has 0 aliphatic carbocycles. The Hall–Kier alpha value is -2.29. The minimum absolute atomic E-state index is 0.0626. The Morgan fingerprint density at radius 1 is 1.24 bits per heavy atom. The highest BCUT2D eigenvalue weighted by atomic mass is 32.2. The number of ether oxygens (including phenoxy) is 3. The van der Waals surface area contributed by atoms with Gasteiger partial charge in [0, 0.05) is 13.1 Å². The lowest BCUT2D eigenvalue weighted by Gasteiger charge is -2.23. The maximum absolute atomic E-state index is 12.2. The van der Waals surface area contributed by atoms with Gasteiger partial charge < -0.3 is 19.1 Å². The molecule has 1 aliphatic heterocycles. The molecule has 0 radical (unpaired) electrons. The number of para-hydroxylation sites is 1. The molecule has 8 nitrogen and oxygen atoms in total. The molecule has 0 aromatic heterocycles. The predicted octanol–water partition coefficient (Wildman–Crippen LogP) is 0.506. The summed E-state index contributed by atoms with van der Waals surface area (Å²) in [5.74, 6) is -0.591. The van der Waals surface area contributed by atoms with Crippen molar-refractivity contribution in [2.45, 2.75) is 12.5 Å². The second-order valence-electron chi connectivity index (χ2n) is 5.68. The van der Waals surface area contributed by atoms with Crippen molar-refractivity contribution in [3.63, 3.8) is 0 Å². The first kappa shape index (κ1) is 19.0. The number of methoxy groups -OCH3 is 2. The molecule has 1 atom stereocenters. The summed E-state index contributed by atoms with van der Waals surface area (Å²) in [4.78, 5) is 25.7. The number of benzene rings is 1. The highest BCUT2D eigenvalue weighted by Gasteiger charge is 2.33. The Kier molecular flexibility index (Phi) is 5.89. The van der Waals surface area contributed by atoms with E-state index in [-0.39, 0.29) is 28.9 Å². The van der Waals surface area contributed by atoms with E-state index < -0.39 is 28.3 Å². The van der Waals surface area contributed by atoms with Crippen LogP contribution in [0.3, 0.4) is 0 Å². The van der Waals surface area contributed by atoms with Gasteiger partial charge in [-0.15, -0.1) is 0 Å². The fraction of sp³-hybridized carbons (Fsp3) is 0.500. The summed E-state index contributed by atoms with van der Waals surface area (Å²) in [5, 5.41) is 0. The summed E-state index contributed by atoms with van der Waals surface area (Å²) in [6, 6.07) is 4.36. The van der Waals surface area contributed by atoms with E-state index in [2.05, 4.69) is 0 Å². The van der Waals surface area contributed by atoms with E-state index in [0.29, 0.717) is 12.2 Å². The van der Waals surface area contributed by atoms with Crippen molar-refractivity contribution >= 4 is 21.7 Å². The maximum atomic E-state index is 12.2. The van der Waals surface area contributed by atoms with Gasteiger partial charge in [-0.2, -0.15) is 0 Å². The van der Waals surface area contributed by atoms with Gasteiger partial charge in [-0.3, -0.25) is 4.79 Å². The molecule has 9 heteroatoms. The molecule has 1 heterocycles. The maximum Gasteiger partial charge on any atom is 0.342 e. The van der Waals surface area contributed by atoms with E-state index in [9.17, 15) is 18.0 Å². The van der Waals surface area contributed by atoms with Gasteiger partial charge in [0.1, 0.15) is 5.56 Å². The third-order valence-corrected chi connectivity index (χ3v) is 5.85. The third-order valence-electron chi connectivity index (χ3n) is 4.10. The molecule has 138 valence electrons. The molecule has 1 aromatic carbocycles. The Morgan fingerprint density at radius 3 is 2.52 bits per heavy atom. The van der Waals surface area contributed by atoms with Gasteiger partial charge in [0.2, 0.25) is 0 Å². The van der Waals surface area contributed by atoms with Crippen molar-refractivity contribution in [3.8, 4) is 11.5 Å². The number of amides is 1. The quantitative estimate of drug-likeness (QED) is 0.672. The van der Waals surface area contributed by atoms with Gasteiger partial charge in [-0.25, -0.2) is 13.2 Å². The smallest absolute Gasteiger partial charge is 0.342 e. The van der Waals surface area contributed by atoms with Crippen LogP contribution in [-0.2, 0) is 19.4 Å². The molecule has 1 aromatic rings. The lowest BCUT2D eigenvalue weighted by molar-refractivity contribution is -0.134. The number of esters is 1. The number of nitrogens with zero attached hydrogens (tertiary/aromatic N) is 1. The number of hydrogen-bond acceptors (Lipinski definition) is 7. The normalized spacial score (nSPS) is 18.4. The van der Waals surface area contributed by atoms with Crippen LogP contribution in [0, 0.1) is 0 Å². The Labute approximate surface area is 146 Å². The van der Waals surface area contributed by atoms with Crippen molar-refractivity contribution < 1.29 is 32.2 Å². The van der Waals surface area contributed by atoms with E-state index in [1.54, 1.807) is 12.1 Å². The van der Waals surface area contributed by atoms with Crippen molar-refractivity contribution in [1.29, 1.82) is 0 Å². The molecule has 2 rings (SSSR count). The zero-order chi connectivity index (χ0) is 18.6. The summed E-state index contributed by atoms with van der Waals surface area (Å²) in [7, 11) is 1.25. The van der Waals surface area contributed by atoms with Crippen LogP contribution in [0.2, 0.25) is 0 Å². The molecule has 1 saturated heterocycles. The zero-order valence-electron chi connectivity index (χ0n) is 14.4. The molecule has 25 heavy (non-hydrogen) atoms. The van der Waals surface area contributed by atoms with Crippen LogP contribution >= 0.6 is 0 Å². The predicted molar refractivity (Wildman–Crippen MR) is 89.7 cm³/mol. The van der Waals surface area contributed by atoms with Gasteiger partial charge in [0.25, 0.3) is 5.91 Å². The second kappa shape index (κ2) is 7.73. The van der Waals surface area contributed by atoms with Crippen LogP contribution in [0.25, 0.3) is 0 Å². The van der Waals surface area contributed by atoms with Crippen molar-refractivity contribution in [1.82, 2.24) is 4.90 Å². The van der Waals surface area contributed by atoms with Crippen molar-refractivity contribution in [3.05, 3.63) is 23.8 Å². The number of likely N-dealkylation sites (N-methyl/N-ethyl adjacent to an activating group) is 1. The number of carbonyl (C=O) groups is 2. The highest BCUT2D eigenvalue weighted by Crippen LogP contribution is 2.31. The third kappa shape index (κ3) is 4.41. The van der Waals surface area contributed by atoms with E-state index in [1.807, 2.05) is 0 Å². The highest BCUT2D eigenvalue weighted by molar-refractivity contribution is 7.91. The van der Waals surface area contributed by atoms with Gasteiger partial charge in [-0.1, -0.05) is 6.07 Å². The van der Waals surface area contributed by atoms with Gasteiger partial charge in [0.05, 0.1) is 25.7 Å². The average Bonchev–Trinajstić information content (AvgIpc) is 2.97. The molecule has 0 spiro atoms. The summed E-state index contributed by atoms with van der Waals surface area (Å²) in [6.45, 7) is -0.480. The summed E-state index contributed by atoms with van der Waals surface area (Å²) >= 11 is 0. The Balaban J connectivity index is 1.99. The molecule has 1 fully saturated rings. The van der Waals surface area contributed by atoms with E-state index in [0.717, 1.165) is 0 Å². The van der Waals surface area contributed by atoms with Crippen LogP contribution in [0.4, 0.5) is 0 Å². The SMILES string of the molecule is COc1cccc(C(=O)OCC(=O)N(C)C2CCS(=O)(=O)C2)c1OC. The molecule has 0 N–H and O–H groups in total. The average molecular weight is 371 g/mol. The van der Waals surface area contributed by atoms with Crippen molar-refractivity contribution in [2.75, 3.05) is 39.4 Å². The number of hydrogen-bond donors (Lipinski definition) is 0. The summed E-state index contributed by atoms with van der Waals surface area (Å²) in [5.41, 5.74) is 0.140. The molecular weight excluding hydrogens is 350 g/mol. The van der Waals surface area contributed by atoms with E-state index >= 15 is 0 Å². The van der Waals surface area contributed by atoms with Gasteiger partial charge >= 0.3 is 5.97 Å². The van der Waals surface area contributed by atoms with Crippen LogP contribution in [0.15, 0.2) is 18.2 Å². The molecule has 0 bridgehead atoms. The van der Waals surface area contributed by atoms with Crippen LogP contribution < -0.4 is 9.47 Å². The molecule has 1 unspecified atom stereocenters. The largest absolute Gasteiger partial charge is 0.493 e. The van der Waals surface area contributed by atoms with Gasteiger partial charge in [-0.05, 0) is 18.6 Å². The first-order valence-electron chi connectivity index (χ1n) is 7.63. The fourth-order valence-electron chi connectivity index (χ4n) is 2.64. The monoisotopic (exact) mass is 371 g/mol. The lowest BCUT2D eigenvalue weighted by Crippen LogP contribution is -2.40. The van der Waals surface area contributed by atoms with Gasteiger partial charge in [0.15, 0.2) is 27.9 Å². The fourth-order valence-corrected chi connectivity index (χ4v) is 4.41. The zero-order valence-corrected chi connectivity index (χ0v) is 15.2. The number of rotatable bonds is 6. The Bertz CT molecular complexity index is 760. The first-order chi connectivity index (χ1) is 11.8. The van der Waals surface area contributed by atoms with E-state index in [4.69, 9.17) is 14.2 Å². The molecule has 1 amide bonds. The minimum atomic E-state index is -3.10. The van der Waals surface area contributed by atoms with Crippen LogP contribution in [0.1, 0.15) is 16.8 Å². The topological polar surface area (TPSA) is 99.2 Å². The number of sulfone groups is 1. The van der Waals surface area contributed by atoms with E-state index in [1.165, 1.54) is 32.2 Å². The van der Waals surface area contributed by atoms with Crippen LogP contribution in [0.5, 0.6) is 11.5 Å². The molecule has 1 aliphatic rings. The van der Waals surface area contributed by atoms with Crippen LogP contribution in [-0.4, -0.2) is 70.6 Å². The first-order valence-corrected chi connectivity index (χ1v) is 9.45. The summed E-state index contributed by atoms with van der Waals surface area (Å²) < 4.78 is 38.3.